The summed E-state index contributed by atoms with van der Waals surface area (Å²) in [6, 6.07) is 0. The first-order valence-corrected chi connectivity index (χ1v) is 6.34. The van der Waals surface area contributed by atoms with Crippen molar-refractivity contribution in [2.24, 2.45) is 0 Å². The van der Waals surface area contributed by atoms with Crippen LogP contribution in [-0.2, 0) is 11.2 Å². The van der Waals surface area contributed by atoms with E-state index in [1.165, 1.54) is 11.3 Å². The molecule has 1 aliphatic heterocycles. The zero-order chi connectivity index (χ0) is 11.5. The minimum absolute atomic E-state index is 0.300. The quantitative estimate of drug-likeness (QED) is 0.878. The highest BCUT2D eigenvalue weighted by Crippen LogP contribution is 2.31. The lowest BCUT2D eigenvalue weighted by Crippen LogP contribution is -1.99. The smallest absolute Gasteiger partial charge is 0.347 e. The number of carbonyl (C=O) groups is 1. The Labute approximate surface area is 98.3 Å². The molecule has 1 aromatic heterocycles. The van der Waals surface area contributed by atoms with E-state index in [0.29, 0.717) is 17.4 Å². The van der Waals surface area contributed by atoms with Crippen molar-refractivity contribution >= 4 is 17.3 Å². The third-order valence-electron chi connectivity index (χ3n) is 2.67. The zero-order valence-corrected chi connectivity index (χ0v) is 10.0. The number of aryl methyl sites for hydroxylation is 1. The van der Waals surface area contributed by atoms with Crippen LogP contribution < -0.4 is 0 Å². The van der Waals surface area contributed by atoms with E-state index in [9.17, 15) is 4.79 Å². The van der Waals surface area contributed by atoms with Gasteiger partial charge in [-0.1, -0.05) is 13.3 Å². The van der Waals surface area contributed by atoms with Crippen LogP contribution in [0.4, 0.5) is 0 Å². The summed E-state index contributed by atoms with van der Waals surface area (Å²) in [5, 5.41) is 10.0. The highest BCUT2D eigenvalue weighted by molar-refractivity contribution is 7.13. The summed E-state index contributed by atoms with van der Waals surface area (Å²) in [5.41, 5.74) is 0.738. The number of thiazole rings is 1. The van der Waals surface area contributed by atoms with Gasteiger partial charge >= 0.3 is 5.97 Å². The van der Waals surface area contributed by atoms with Gasteiger partial charge in [0.05, 0.1) is 17.3 Å². The second kappa shape index (κ2) is 4.93. The number of nitrogens with zero attached hydrogens (tertiary/aromatic N) is 1. The molecule has 1 unspecified atom stereocenters. The van der Waals surface area contributed by atoms with Crippen LogP contribution in [0.2, 0.25) is 0 Å². The van der Waals surface area contributed by atoms with Crippen molar-refractivity contribution in [3.63, 3.8) is 0 Å². The molecule has 1 N–H and O–H groups in total. The minimum Gasteiger partial charge on any atom is -0.477 e. The molecule has 88 valence electrons. The van der Waals surface area contributed by atoms with Crippen LogP contribution in [0.5, 0.6) is 0 Å². The van der Waals surface area contributed by atoms with E-state index in [2.05, 4.69) is 4.98 Å². The summed E-state index contributed by atoms with van der Waals surface area (Å²) >= 11 is 1.31. The molecular formula is C11H15NO3S. The number of aromatic nitrogens is 1. The SMILES string of the molecule is CCCc1nc(C2CCOC2)sc1C(=O)O. The van der Waals surface area contributed by atoms with Gasteiger partial charge in [-0.3, -0.25) is 0 Å². The Balaban J connectivity index is 2.26. The first-order chi connectivity index (χ1) is 7.72. The fraction of sp³-hybridized carbons (Fsp3) is 0.636. The molecule has 0 aliphatic carbocycles. The predicted octanol–water partition coefficient (Wildman–Crippen LogP) is 2.30. The summed E-state index contributed by atoms with van der Waals surface area (Å²) < 4.78 is 5.30. The van der Waals surface area contributed by atoms with Gasteiger partial charge in [0.15, 0.2) is 0 Å². The molecule has 0 radical (unpaired) electrons. The summed E-state index contributed by atoms with van der Waals surface area (Å²) in [4.78, 5) is 15.9. The van der Waals surface area contributed by atoms with Gasteiger partial charge in [-0.25, -0.2) is 9.78 Å². The van der Waals surface area contributed by atoms with Gasteiger partial charge in [0.25, 0.3) is 0 Å². The molecule has 16 heavy (non-hydrogen) atoms. The maximum absolute atomic E-state index is 11.1. The lowest BCUT2D eigenvalue weighted by atomic mass is 10.1. The number of hydrogen-bond donors (Lipinski definition) is 1. The Kier molecular flexibility index (Phi) is 3.56. The van der Waals surface area contributed by atoms with Crippen molar-refractivity contribution < 1.29 is 14.6 Å². The number of hydrogen-bond acceptors (Lipinski definition) is 4. The maximum Gasteiger partial charge on any atom is 0.347 e. The topological polar surface area (TPSA) is 59.4 Å². The summed E-state index contributed by atoms with van der Waals surface area (Å²) in [7, 11) is 0. The fourth-order valence-corrected chi connectivity index (χ4v) is 2.92. The number of carboxylic acids is 1. The lowest BCUT2D eigenvalue weighted by molar-refractivity contribution is 0.0700. The van der Waals surface area contributed by atoms with Gasteiger partial charge < -0.3 is 9.84 Å². The van der Waals surface area contributed by atoms with Crippen molar-refractivity contribution in [2.45, 2.75) is 32.1 Å². The summed E-state index contributed by atoms with van der Waals surface area (Å²) in [6.07, 6.45) is 2.62. The van der Waals surface area contributed by atoms with Crippen LogP contribution in [0.25, 0.3) is 0 Å². The van der Waals surface area contributed by atoms with Crippen LogP contribution in [-0.4, -0.2) is 29.3 Å². The van der Waals surface area contributed by atoms with Crippen molar-refractivity contribution in [1.82, 2.24) is 4.98 Å². The van der Waals surface area contributed by atoms with Gasteiger partial charge in [-0.05, 0) is 12.8 Å². The number of carboxylic acid groups (broad SMARTS) is 1. The molecule has 1 fully saturated rings. The van der Waals surface area contributed by atoms with Crippen molar-refractivity contribution in [1.29, 1.82) is 0 Å². The molecule has 1 aliphatic rings. The first kappa shape index (κ1) is 11.5. The first-order valence-electron chi connectivity index (χ1n) is 5.53. The molecule has 0 saturated carbocycles. The molecule has 1 aromatic rings. The van der Waals surface area contributed by atoms with Gasteiger partial charge in [0, 0.05) is 12.5 Å². The Bertz CT molecular complexity index is 383. The Hall–Kier alpha value is -0.940. The normalized spacial score (nSPS) is 20.2. The second-order valence-electron chi connectivity index (χ2n) is 3.94. The average Bonchev–Trinajstić information content (AvgIpc) is 2.83. The highest BCUT2D eigenvalue weighted by Gasteiger charge is 2.25. The fourth-order valence-electron chi connectivity index (χ4n) is 1.85. The monoisotopic (exact) mass is 241 g/mol. The summed E-state index contributed by atoms with van der Waals surface area (Å²) in [6.45, 7) is 3.47. The maximum atomic E-state index is 11.1. The molecule has 0 bridgehead atoms. The van der Waals surface area contributed by atoms with Gasteiger partial charge in [-0.15, -0.1) is 11.3 Å². The summed E-state index contributed by atoms with van der Waals surface area (Å²) in [5.74, 6) is -0.556. The van der Waals surface area contributed by atoms with Crippen molar-refractivity contribution in [3.8, 4) is 0 Å². The zero-order valence-electron chi connectivity index (χ0n) is 9.23. The highest BCUT2D eigenvalue weighted by atomic mass is 32.1. The van der Waals surface area contributed by atoms with Crippen LogP contribution >= 0.6 is 11.3 Å². The van der Waals surface area contributed by atoms with E-state index in [1.807, 2.05) is 6.92 Å². The van der Waals surface area contributed by atoms with Crippen molar-refractivity contribution in [3.05, 3.63) is 15.6 Å². The minimum atomic E-state index is -0.855. The molecule has 1 atom stereocenters. The number of rotatable bonds is 4. The molecule has 2 heterocycles. The molecular weight excluding hydrogens is 226 g/mol. The lowest BCUT2D eigenvalue weighted by Gasteiger charge is -2.00. The Morgan fingerprint density at radius 2 is 2.50 bits per heavy atom. The molecule has 0 amide bonds. The van der Waals surface area contributed by atoms with E-state index in [0.717, 1.165) is 36.6 Å². The third kappa shape index (κ3) is 2.25. The van der Waals surface area contributed by atoms with E-state index in [-0.39, 0.29) is 0 Å². The van der Waals surface area contributed by atoms with Gasteiger partial charge in [0.1, 0.15) is 4.88 Å². The molecule has 2 rings (SSSR count). The average molecular weight is 241 g/mol. The number of ether oxygens (including phenoxy) is 1. The Morgan fingerprint density at radius 1 is 1.69 bits per heavy atom. The van der Waals surface area contributed by atoms with Crippen LogP contribution in [0, 0.1) is 0 Å². The van der Waals surface area contributed by atoms with Gasteiger partial charge in [-0.2, -0.15) is 0 Å². The third-order valence-corrected chi connectivity index (χ3v) is 3.92. The molecule has 0 aromatic carbocycles. The van der Waals surface area contributed by atoms with E-state index >= 15 is 0 Å². The molecule has 5 heteroatoms. The standard InChI is InChI=1S/C11H15NO3S/c1-2-3-8-9(11(13)14)16-10(12-8)7-4-5-15-6-7/h7H,2-6H2,1H3,(H,13,14). The second-order valence-corrected chi connectivity index (χ2v) is 4.97. The van der Waals surface area contributed by atoms with E-state index < -0.39 is 5.97 Å². The van der Waals surface area contributed by atoms with Crippen molar-refractivity contribution in [2.75, 3.05) is 13.2 Å². The largest absolute Gasteiger partial charge is 0.477 e. The predicted molar refractivity (Wildman–Crippen MR) is 61.2 cm³/mol. The Morgan fingerprint density at radius 3 is 3.06 bits per heavy atom. The van der Waals surface area contributed by atoms with Gasteiger partial charge in [0.2, 0.25) is 0 Å². The van der Waals surface area contributed by atoms with E-state index in [1.54, 1.807) is 0 Å². The van der Waals surface area contributed by atoms with Crippen LogP contribution in [0.15, 0.2) is 0 Å². The molecule has 0 spiro atoms. The molecule has 1 saturated heterocycles. The van der Waals surface area contributed by atoms with Crippen LogP contribution in [0.1, 0.15) is 46.1 Å². The van der Waals surface area contributed by atoms with E-state index in [4.69, 9.17) is 9.84 Å². The van der Waals surface area contributed by atoms with Crippen LogP contribution in [0.3, 0.4) is 0 Å². The molecule has 4 nitrogen and oxygen atoms in total. The number of aromatic carboxylic acids is 1.